The number of nitrogen functional groups attached to an aromatic ring is 1. The Morgan fingerprint density at radius 3 is 2.41 bits per heavy atom. The number of piperidine rings is 1. The molecular formula is C15H26N6O. The monoisotopic (exact) mass is 306 g/mol. The van der Waals surface area contributed by atoms with Crippen LogP contribution < -0.4 is 10.5 Å². The summed E-state index contributed by atoms with van der Waals surface area (Å²) in [6.07, 6.45) is 5.05. The molecule has 0 spiro atoms. The zero-order valence-electron chi connectivity index (χ0n) is 13.6. The number of rotatable bonds is 5. The van der Waals surface area contributed by atoms with E-state index in [2.05, 4.69) is 31.7 Å². The van der Waals surface area contributed by atoms with E-state index in [1.807, 2.05) is 0 Å². The molecule has 0 atom stereocenters. The Morgan fingerprint density at radius 1 is 1.14 bits per heavy atom. The second-order valence-electron chi connectivity index (χ2n) is 6.29. The van der Waals surface area contributed by atoms with Crippen LogP contribution in [0.4, 0.5) is 5.95 Å². The predicted octanol–water partition coefficient (Wildman–Crippen LogP) is 0.913. The molecular weight excluding hydrogens is 280 g/mol. The van der Waals surface area contributed by atoms with E-state index in [0.717, 1.165) is 13.1 Å². The van der Waals surface area contributed by atoms with Gasteiger partial charge in [0, 0.05) is 18.6 Å². The summed E-state index contributed by atoms with van der Waals surface area (Å²) in [6, 6.07) is 0.294. The Hall–Kier alpha value is -1.47. The van der Waals surface area contributed by atoms with Crippen molar-refractivity contribution < 1.29 is 4.74 Å². The number of likely N-dealkylation sites (tertiary alicyclic amines) is 2. The minimum Gasteiger partial charge on any atom is -0.467 e. The second-order valence-corrected chi connectivity index (χ2v) is 6.29. The van der Waals surface area contributed by atoms with Crippen molar-refractivity contribution >= 4 is 5.95 Å². The lowest BCUT2D eigenvalue weighted by atomic mass is 9.81. The van der Waals surface area contributed by atoms with E-state index < -0.39 is 0 Å². The molecule has 22 heavy (non-hydrogen) atoms. The van der Waals surface area contributed by atoms with Gasteiger partial charge in [-0.05, 0) is 38.8 Å². The largest absolute Gasteiger partial charge is 0.467 e. The van der Waals surface area contributed by atoms with Gasteiger partial charge in [0.05, 0.1) is 13.7 Å². The summed E-state index contributed by atoms with van der Waals surface area (Å²) in [5.74, 6) is 0.916. The number of nitrogens with zero attached hydrogens (tertiary/aromatic N) is 5. The van der Waals surface area contributed by atoms with Crippen LogP contribution in [0.3, 0.4) is 0 Å². The van der Waals surface area contributed by atoms with Crippen LogP contribution in [0.15, 0.2) is 0 Å². The van der Waals surface area contributed by atoms with E-state index in [9.17, 15) is 0 Å². The van der Waals surface area contributed by atoms with Gasteiger partial charge in [-0.2, -0.15) is 15.0 Å². The van der Waals surface area contributed by atoms with Gasteiger partial charge in [0.15, 0.2) is 5.82 Å². The summed E-state index contributed by atoms with van der Waals surface area (Å²) < 4.78 is 5.06. The maximum absolute atomic E-state index is 5.70. The molecule has 0 amide bonds. The number of methoxy groups -OCH3 is 1. The summed E-state index contributed by atoms with van der Waals surface area (Å²) in [5.41, 5.74) is 6.12. The Bertz CT molecular complexity index is 511. The van der Waals surface area contributed by atoms with Crippen LogP contribution >= 0.6 is 0 Å². The molecule has 3 rings (SSSR count). The molecule has 0 bridgehead atoms. The number of hydrogen-bond acceptors (Lipinski definition) is 7. The molecule has 0 saturated carbocycles. The fourth-order valence-corrected chi connectivity index (χ4v) is 3.59. The van der Waals surface area contributed by atoms with Crippen LogP contribution in [0.25, 0.3) is 0 Å². The summed E-state index contributed by atoms with van der Waals surface area (Å²) >= 11 is 0. The van der Waals surface area contributed by atoms with E-state index in [-0.39, 0.29) is 5.95 Å². The highest BCUT2D eigenvalue weighted by Crippen LogP contribution is 2.35. The van der Waals surface area contributed by atoms with Gasteiger partial charge in [0.1, 0.15) is 0 Å². The van der Waals surface area contributed by atoms with Crippen LogP contribution in [-0.4, -0.2) is 63.6 Å². The highest BCUT2D eigenvalue weighted by molar-refractivity contribution is 5.18. The van der Waals surface area contributed by atoms with Crippen molar-refractivity contribution in [3.05, 3.63) is 5.82 Å². The SMILES string of the molecule is CCC1(N2CCC2)CCN(Cc2nc(N)nc(OC)n2)CC1. The first-order valence-electron chi connectivity index (χ1n) is 8.17. The molecule has 0 aromatic carbocycles. The van der Waals surface area contributed by atoms with Gasteiger partial charge < -0.3 is 10.5 Å². The Balaban J connectivity index is 1.60. The van der Waals surface area contributed by atoms with Crippen molar-refractivity contribution in [1.82, 2.24) is 24.8 Å². The van der Waals surface area contributed by atoms with Crippen LogP contribution in [0.5, 0.6) is 6.01 Å². The van der Waals surface area contributed by atoms with Crippen molar-refractivity contribution in [3.63, 3.8) is 0 Å². The lowest BCUT2D eigenvalue weighted by molar-refractivity contribution is -0.0232. The van der Waals surface area contributed by atoms with Crippen LogP contribution in [0, 0.1) is 0 Å². The summed E-state index contributed by atoms with van der Waals surface area (Å²) in [6.45, 7) is 7.74. The molecule has 0 unspecified atom stereocenters. The Labute approximate surface area is 131 Å². The molecule has 1 aromatic heterocycles. The number of ether oxygens (including phenoxy) is 1. The first-order chi connectivity index (χ1) is 10.6. The van der Waals surface area contributed by atoms with E-state index in [1.54, 1.807) is 7.11 Å². The molecule has 3 heterocycles. The molecule has 122 valence electrons. The number of nitrogens with two attached hydrogens (primary N) is 1. The highest BCUT2D eigenvalue weighted by atomic mass is 16.5. The number of anilines is 1. The van der Waals surface area contributed by atoms with E-state index in [1.165, 1.54) is 38.8 Å². The molecule has 2 N–H and O–H groups in total. The van der Waals surface area contributed by atoms with E-state index >= 15 is 0 Å². The predicted molar refractivity (Wildman–Crippen MR) is 84.5 cm³/mol. The molecule has 7 nitrogen and oxygen atoms in total. The first kappa shape index (κ1) is 15.4. The normalized spacial score (nSPS) is 22.3. The van der Waals surface area contributed by atoms with Crippen molar-refractivity contribution in [2.45, 2.75) is 44.7 Å². The van der Waals surface area contributed by atoms with Gasteiger partial charge in [0.25, 0.3) is 0 Å². The quantitative estimate of drug-likeness (QED) is 0.866. The average Bonchev–Trinajstić information content (AvgIpc) is 2.47. The summed E-state index contributed by atoms with van der Waals surface area (Å²) in [7, 11) is 1.54. The lowest BCUT2D eigenvalue weighted by Crippen LogP contribution is -2.59. The molecule has 2 aliphatic heterocycles. The molecule has 1 aromatic rings. The molecule has 7 heteroatoms. The molecule has 2 saturated heterocycles. The maximum Gasteiger partial charge on any atom is 0.321 e. The van der Waals surface area contributed by atoms with E-state index in [4.69, 9.17) is 10.5 Å². The Morgan fingerprint density at radius 2 is 1.86 bits per heavy atom. The van der Waals surface area contributed by atoms with Crippen molar-refractivity contribution in [2.24, 2.45) is 0 Å². The summed E-state index contributed by atoms with van der Waals surface area (Å²) in [5, 5.41) is 0. The molecule has 2 fully saturated rings. The van der Waals surface area contributed by atoms with Crippen LogP contribution in [0.2, 0.25) is 0 Å². The zero-order valence-corrected chi connectivity index (χ0v) is 13.6. The minimum atomic E-state index is 0.224. The van der Waals surface area contributed by atoms with Gasteiger partial charge in [0.2, 0.25) is 5.95 Å². The molecule has 0 radical (unpaired) electrons. The van der Waals surface area contributed by atoms with Gasteiger partial charge >= 0.3 is 6.01 Å². The fourth-order valence-electron chi connectivity index (χ4n) is 3.59. The third kappa shape index (κ3) is 3.01. The van der Waals surface area contributed by atoms with Crippen molar-refractivity contribution in [2.75, 3.05) is 39.0 Å². The van der Waals surface area contributed by atoms with Crippen molar-refractivity contribution in [3.8, 4) is 6.01 Å². The average molecular weight is 306 g/mol. The second kappa shape index (κ2) is 6.34. The van der Waals surface area contributed by atoms with Gasteiger partial charge in [-0.1, -0.05) is 6.92 Å². The smallest absolute Gasteiger partial charge is 0.321 e. The summed E-state index contributed by atoms with van der Waals surface area (Å²) in [4.78, 5) is 17.5. The van der Waals surface area contributed by atoms with Crippen molar-refractivity contribution in [1.29, 1.82) is 0 Å². The third-order valence-electron chi connectivity index (χ3n) is 5.20. The number of hydrogen-bond donors (Lipinski definition) is 1. The number of aromatic nitrogens is 3. The van der Waals surface area contributed by atoms with Crippen LogP contribution in [0.1, 0.15) is 38.4 Å². The third-order valence-corrected chi connectivity index (χ3v) is 5.20. The maximum atomic E-state index is 5.70. The topological polar surface area (TPSA) is 80.4 Å². The molecule has 2 aliphatic rings. The first-order valence-corrected chi connectivity index (χ1v) is 8.17. The van der Waals surface area contributed by atoms with E-state index in [0.29, 0.717) is 23.9 Å². The Kier molecular flexibility index (Phi) is 4.44. The van der Waals surface area contributed by atoms with Gasteiger partial charge in [-0.25, -0.2) is 0 Å². The molecule has 0 aliphatic carbocycles. The standard InChI is InChI=1S/C15H26N6O/c1-3-15(21-7-4-8-21)5-9-20(10-6-15)11-12-17-13(16)19-14(18-12)22-2/h3-11H2,1-2H3,(H2,16,17,18,19). The van der Waals surface area contributed by atoms with Gasteiger partial charge in [-0.3, -0.25) is 9.80 Å². The fraction of sp³-hybridized carbons (Fsp3) is 0.800. The van der Waals surface area contributed by atoms with Gasteiger partial charge in [-0.15, -0.1) is 0 Å². The van der Waals surface area contributed by atoms with Crippen LogP contribution in [-0.2, 0) is 6.54 Å². The minimum absolute atomic E-state index is 0.224. The lowest BCUT2D eigenvalue weighted by Gasteiger charge is -2.52. The highest BCUT2D eigenvalue weighted by Gasteiger charge is 2.40. The zero-order chi connectivity index (χ0) is 15.6.